The Balaban J connectivity index is 1.34. The molecule has 0 saturated heterocycles. The van der Waals surface area contributed by atoms with Crippen LogP contribution in [0.5, 0.6) is 5.75 Å². The molecule has 12 heteroatoms. The van der Waals surface area contributed by atoms with E-state index in [9.17, 15) is 21.6 Å². The van der Waals surface area contributed by atoms with Crippen molar-refractivity contribution >= 4 is 65.4 Å². The lowest BCUT2D eigenvalue weighted by atomic mass is 10.1. The highest BCUT2D eigenvalue weighted by atomic mass is 35.5. The minimum Gasteiger partial charge on any atom is -0.497 e. The molecule has 0 heterocycles. The average Bonchev–Trinajstić information content (AvgIpc) is 3.01. The number of anilines is 3. The molecule has 0 spiro atoms. The molecular weight excluding hydrogens is 610 g/mol. The van der Waals surface area contributed by atoms with Crippen LogP contribution in [0.4, 0.5) is 17.1 Å². The van der Waals surface area contributed by atoms with Crippen LogP contribution in [0.1, 0.15) is 0 Å². The van der Waals surface area contributed by atoms with Crippen molar-refractivity contribution < 1.29 is 26.4 Å². The lowest BCUT2D eigenvalue weighted by Crippen LogP contribution is -2.38. The van der Waals surface area contributed by atoms with Gasteiger partial charge in [-0.15, -0.1) is 0 Å². The van der Waals surface area contributed by atoms with E-state index in [1.807, 2.05) is 30.3 Å². The first-order valence-corrected chi connectivity index (χ1v) is 16.2. The molecule has 220 valence electrons. The first-order chi connectivity index (χ1) is 20.6. The van der Waals surface area contributed by atoms with E-state index in [0.29, 0.717) is 16.5 Å². The molecule has 2 N–H and O–H groups in total. The first-order valence-electron chi connectivity index (χ1n) is 12.9. The van der Waals surface area contributed by atoms with Crippen LogP contribution < -0.4 is 19.1 Å². The number of sulfonamides is 2. The zero-order valence-corrected chi connectivity index (χ0v) is 25.2. The number of nitrogens with one attached hydrogen (secondary N) is 2. The third-order valence-electron chi connectivity index (χ3n) is 6.53. The monoisotopic (exact) mass is 635 g/mol. The highest BCUT2D eigenvalue weighted by Gasteiger charge is 2.27. The summed E-state index contributed by atoms with van der Waals surface area (Å²) in [7, 11) is -6.63. The maximum atomic E-state index is 13.6. The molecule has 0 aromatic heterocycles. The molecule has 0 fully saturated rings. The van der Waals surface area contributed by atoms with E-state index in [2.05, 4.69) is 10.0 Å². The first kappa shape index (κ1) is 29.9. The van der Waals surface area contributed by atoms with E-state index in [1.165, 1.54) is 79.9 Å². The van der Waals surface area contributed by atoms with Crippen molar-refractivity contribution in [3.05, 3.63) is 120 Å². The Morgan fingerprint density at radius 3 is 2.07 bits per heavy atom. The third kappa shape index (κ3) is 6.75. The highest BCUT2D eigenvalue weighted by molar-refractivity contribution is 7.93. The van der Waals surface area contributed by atoms with Crippen LogP contribution in [0.2, 0.25) is 5.02 Å². The van der Waals surface area contributed by atoms with Gasteiger partial charge in [-0.2, -0.15) is 0 Å². The fourth-order valence-corrected chi connectivity index (χ4v) is 6.99. The van der Waals surface area contributed by atoms with Gasteiger partial charge in [-0.25, -0.2) is 16.8 Å². The van der Waals surface area contributed by atoms with Crippen LogP contribution in [0.3, 0.4) is 0 Å². The number of carbonyl (C=O) groups is 1. The molecule has 1 amide bonds. The molecule has 5 aromatic rings. The van der Waals surface area contributed by atoms with Gasteiger partial charge < -0.3 is 10.1 Å². The van der Waals surface area contributed by atoms with Crippen molar-refractivity contribution in [1.82, 2.24) is 0 Å². The summed E-state index contributed by atoms with van der Waals surface area (Å²) in [6.45, 7) is -0.557. The summed E-state index contributed by atoms with van der Waals surface area (Å²) >= 11 is 6.00. The molecule has 0 unspecified atom stereocenters. The summed E-state index contributed by atoms with van der Waals surface area (Å²) in [5.41, 5.74) is 0.958. The summed E-state index contributed by atoms with van der Waals surface area (Å²) in [5, 5.41) is 4.69. The Morgan fingerprint density at radius 2 is 1.40 bits per heavy atom. The van der Waals surface area contributed by atoms with Crippen LogP contribution in [0.15, 0.2) is 125 Å². The van der Waals surface area contributed by atoms with Crippen LogP contribution >= 0.6 is 11.6 Å². The average molecular weight is 636 g/mol. The molecule has 0 atom stereocenters. The maximum Gasteiger partial charge on any atom is 0.264 e. The molecule has 0 saturated carbocycles. The van der Waals surface area contributed by atoms with E-state index < -0.39 is 32.5 Å². The number of hydrogen-bond donors (Lipinski definition) is 2. The lowest BCUT2D eigenvalue weighted by Gasteiger charge is -2.24. The number of rotatable bonds is 10. The van der Waals surface area contributed by atoms with E-state index in [0.717, 1.165) is 15.1 Å². The summed E-state index contributed by atoms with van der Waals surface area (Å²) < 4.78 is 62.1. The number of carbonyl (C=O) groups excluding carboxylic acids is 1. The Morgan fingerprint density at radius 1 is 0.767 bits per heavy atom. The van der Waals surface area contributed by atoms with Gasteiger partial charge in [-0.05, 0) is 84.2 Å². The smallest absolute Gasteiger partial charge is 0.264 e. The van der Waals surface area contributed by atoms with Gasteiger partial charge >= 0.3 is 0 Å². The van der Waals surface area contributed by atoms with Gasteiger partial charge in [0.1, 0.15) is 12.3 Å². The molecule has 43 heavy (non-hydrogen) atoms. The lowest BCUT2D eigenvalue weighted by molar-refractivity contribution is -0.114. The fraction of sp³-hybridized carbons (Fsp3) is 0.0645. The number of fused-ring (bicyclic) bond motifs is 1. The molecule has 9 nitrogen and oxygen atoms in total. The van der Waals surface area contributed by atoms with Gasteiger partial charge in [-0.1, -0.05) is 48.0 Å². The molecule has 0 aliphatic heterocycles. The summed E-state index contributed by atoms with van der Waals surface area (Å²) in [4.78, 5) is 13.0. The van der Waals surface area contributed by atoms with Gasteiger partial charge in [0.05, 0.1) is 28.3 Å². The molecule has 0 aliphatic carbocycles. The van der Waals surface area contributed by atoms with E-state index in [4.69, 9.17) is 16.3 Å². The second-order valence-electron chi connectivity index (χ2n) is 9.37. The van der Waals surface area contributed by atoms with Crippen LogP contribution in [-0.4, -0.2) is 36.4 Å². The van der Waals surface area contributed by atoms with Crippen molar-refractivity contribution in [2.75, 3.05) is 28.0 Å². The van der Waals surface area contributed by atoms with Crippen molar-refractivity contribution in [3.8, 4) is 5.75 Å². The second-order valence-corrected chi connectivity index (χ2v) is 13.3. The van der Waals surface area contributed by atoms with E-state index in [1.54, 1.807) is 12.1 Å². The molecule has 0 aliphatic rings. The van der Waals surface area contributed by atoms with Crippen molar-refractivity contribution in [3.63, 3.8) is 0 Å². The number of amides is 1. The van der Waals surface area contributed by atoms with Gasteiger partial charge in [0.15, 0.2) is 0 Å². The van der Waals surface area contributed by atoms with Gasteiger partial charge in [0.2, 0.25) is 5.91 Å². The van der Waals surface area contributed by atoms with Crippen molar-refractivity contribution in [1.29, 1.82) is 0 Å². The minimum atomic E-state index is -4.16. The van der Waals surface area contributed by atoms with Crippen molar-refractivity contribution in [2.24, 2.45) is 0 Å². The Labute approximate surface area is 254 Å². The number of methoxy groups -OCH3 is 1. The molecule has 0 bridgehead atoms. The zero-order valence-electron chi connectivity index (χ0n) is 22.8. The van der Waals surface area contributed by atoms with Gasteiger partial charge in [-0.3, -0.25) is 13.8 Å². The molecular formula is C31H26ClN3O6S2. The Kier molecular flexibility index (Phi) is 8.58. The van der Waals surface area contributed by atoms with Crippen LogP contribution in [0, 0.1) is 0 Å². The van der Waals surface area contributed by atoms with Gasteiger partial charge in [0.25, 0.3) is 20.0 Å². The van der Waals surface area contributed by atoms with E-state index in [-0.39, 0.29) is 21.2 Å². The number of ether oxygens (including phenoxy) is 1. The summed E-state index contributed by atoms with van der Waals surface area (Å²) in [6, 6.07) is 30.2. The predicted octanol–water partition coefficient (Wildman–Crippen LogP) is 6.14. The quantitative estimate of drug-likeness (QED) is 0.190. The Hall–Kier alpha value is -4.58. The molecule has 5 aromatic carbocycles. The highest BCUT2D eigenvalue weighted by Crippen LogP contribution is 2.28. The number of halogens is 1. The molecule has 0 radical (unpaired) electrons. The third-order valence-corrected chi connectivity index (χ3v) is 9.95. The largest absolute Gasteiger partial charge is 0.497 e. The number of nitrogens with zero attached hydrogens (tertiary/aromatic N) is 1. The molecule has 5 rings (SSSR count). The topological polar surface area (TPSA) is 122 Å². The summed E-state index contributed by atoms with van der Waals surface area (Å²) in [6.07, 6.45) is 0. The fourth-order valence-electron chi connectivity index (χ4n) is 4.36. The summed E-state index contributed by atoms with van der Waals surface area (Å²) in [5.74, 6) is -0.163. The van der Waals surface area contributed by atoms with Gasteiger partial charge in [0, 0.05) is 16.1 Å². The van der Waals surface area contributed by atoms with E-state index >= 15 is 0 Å². The van der Waals surface area contributed by atoms with Crippen molar-refractivity contribution in [2.45, 2.75) is 9.79 Å². The standard InChI is InChI=1S/C31H26ClN3O6S2/c1-41-26-15-19-28(20-16-26)43(39,40)35(25-13-9-23(32)10-14-25)21-31(36)33-24-11-17-27(18-12-24)42(37,38)34-30-8-4-6-22-5-2-3-7-29(22)30/h2-20,34H,21H2,1H3,(H,33,36). The van der Waals surface area contributed by atoms with Crippen LogP contribution in [-0.2, 0) is 24.8 Å². The Bertz CT molecular complexity index is 1980. The number of hydrogen-bond acceptors (Lipinski definition) is 6. The second kappa shape index (κ2) is 12.3. The number of benzene rings is 5. The maximum absolute atomic E-state index is 13.6. The SMILES string of the molecule is COc1ccc(S(=O)(=O)N(CC(=O)Nc2ccc(S(=O)(=O)Nc3cccc4ccccc34)cc2)c2ccc(Cl)cc2)cc1. The normalized spacial score (nSPS) is 11.6. The predicted molar refractivity (Wildman–Crippen MR) is 169 cm³/mol. The van der Waals surface area contributed by atoms with Crippen LogP contribution in [0.25, 0.3) is 10.8 Å². The minimum absolute atomic E-state index is 0.0108. The zero-order chi connectivity index (χ0) is 30.6.